The van der Waals surface area contributed by atoms with Crippen molar-refractivity contribution < 1.29 is 4.79 Å². The van der Waals surface area contributed by atoms with E-state index in [9.17, 15) is 4.79 Å². The number of hydrogen-bond donors (Lipinski definition) is 2. The van der Waals surface area contributed by atoms with Gasteiger partial charge in [0, 0.05) is 29.0 Å². The third-order valence-electron chi connectivity index (χ3n) is 2.74. The van der Waals surface area contributed by atoms with E-state index in [2.05, 4.69) is 24.5 Å². The van der Waals surface area contributed by atoms with Crippen LogP contribution < -0.4 is 10.6 Å². The third-order valence-corrected chi connectivity index (χ3v) is 4.12. The van der Waals surface area contributed by atoms with Gasteiger partial charge in [-0.15, -0.1) is 0 Å². The minimum absolute atomic E-state index is 0.0738. The number of benzene rings is 1. The zero-order chi connectivity index (χ0) is 15.0. The van der Waals surface area contributed by atoms with Crippen molar-refractivity contribution in [1.82, 2.24) is 5.32 Å². The molecule has 20 heavy (non-hydrogen) atoms. The van der Waals surface area contributed by atoms with Crippen LogP contribution in [-0.2, 0) is 0 Å². The molecule has 1 amide bonds. The van der Waals surface area contributed by atoms with E-state index in [0.29, 0.717) is 10.6 Å². The topological polar surface area (TPSA) is 41.1 Å². The Balaban J connectivity index is 2.76. The van der Waals surface area contributed by atoms with Crippen molar-refractivity contribution in [3.63, 3.8) is 0 Å². The highest BCUT2D eigenvalue weighted by Gasteiger charge is 2.14. The van der Waals surface area contributed by atoms with Gasteiger partial charge in [-0.3, -0.25) is 4.79 Å². The van der Waals surface area contributed by atoms with Crippen LogP contribution in [0.4, 0.5) is 5.69 Å². The van der Waals surface area contributed by atoms with Crippen LogP contribution in [-0.4, -0.2) is 30.0 Å². The maximum absolute atomic E-state index is 12.3. The van der Waals surface area contributed by atoms with Crippen LogP contribution in [0.15, 0.2) is 18.2 Å². The molecule has 0 aliphatic heterocycles. The molecule has 112 valence electrons. The summed E-state index contributed by atoms with van der Waals surface area (Å²) in [6.07, 6.45) is 1.01. The zero-order valence-corrected chi connectivity index (χ0v) is 13.9. The first-order valence-corrected chi connectivity index (χ1v) is 8.53. The summed E-state index contributed by atoms with van der Waals surface area (Å²) in [6, 6.07) is 5.52. The molecule has 0 aromatic heterocycles. The molecule has 1 atom stereocenters. The molecule has 1 rings (SSSR count). The lowest BCUT2D eigenvalue weighted by molar-refractivity contribution is 0.0944. The molecule has 1 unspecified atom stereocenters. The highest BCUT2D eigenvalue weighted by Crippen LogP contribution is 2.21. The number of carbonyl (C=O) groups is 1. The summed E-state index contributed by atoms with van der Waals surface area (Å²) in [5.41, 5.74) is 1.45. The van der Waals surface area contributed by atoms with Gasteiger partial charge in [0.05, 0.1) is 5.56 Å². The third kappa shape index (κ3) is 5.63. The molecule has 0 radical (unpaired) electrons. The van der Waals surface area contributed by atoms with Crippen molar-refractivity contribution in [3.05, 3.63) is 28.8 Å². The van der Waals surface area contributed by atoms with Crippen LogP contribution in [0.25, 0.3) is 0 Å². The van der Waals surface area contributed by atoms with E-state index in [1.54, 1.807) is 12.1 Å². The van der Waals surface area contributed by atoms with Gasteiger partial charge in [0.1, 0.15) is 0 Å². The van der Waals surface area contributed by atoms with Crippen molar-refractivity contribution in [2.24, 2.45) is 0 Å². The molecular formula is C15H23ClN2OS. The fourth-order valence-electron chi connectivity index (χ4n) is 1.76. The summed E-state index contributed by atoms with van der Waals surface area (Å²) < 4.78 is 0. The monoisotopic (exact) mass is 314 g/mol. The summed E-state index contributed by atoms with van der Waals surface area (Å²) in [5, 5.41) is 6.86. The van der Waals surface area contributed by atoms with Crippen LogP contribution in [0, 0.1) is 0 Å². The molecule has 0 saturated heterocycles. The quantitative estimate of drug-likeness (QED) is 0.761. The van der Waals surface area contributed by atoms with Gasteiger partial charge in [-0.1, -0.05) is 25.4 Å². The second-order valence-corrected chi connectivity index (χ2v) is 6.41. The maximum Gasteiger partial charge on any atom is 0.253 e. The molecule has 0 aliphatic carbocycles. The molecular weight excluding hydrogens is 292 g/mol. The van der Waals surface area contributed by atoms with Gasteiger partial charge in [0.2, 0.25) is 0 Å². The number of hydrogen-bond acceptors (Lipinski definition) is 3. The second-order valence-electron chi connectivity index (χ2n) is 4.65. The first-order valence-electron chi connectivity index (χ1n) is 7.00. The van der Waals surface area contributed by atoms with E-state index in [-0.39, 0.29) is 11.9 Å². The molecule has 1 aromatic rings. The Morgan fingerprint density at radius 3 is 2.80 bits per heavy atom. The Labute approximate surface area is 130 Å². The van der Waals surface area contributed by atoms with Crippen molar-refractivity contribution in [2.45, 2.75) is 33.2 Å². The molecule has 2 N–H and O–H groups in total. The molecule has 0 spiro atoms. The highest BCUT2D eigenvalue weighted by atomic mass is 35.5. The lowest BCUT2D eigenvalue weighted by atomic mass is 10.1. The van der Waals surface area contributed by atoms with Crippen LogP contribution in [0.3, 0.4) is 0 Å². The first kappa shape index (κ1) is 17.2. The summed E-state index contributed by atoms with van der Waals surface area (Å²) >= 11 is 7.82. The molecule has 0 aliphatic rings. The van der Waals surface area contributed by atoms with Gasteiger partial charge in [0.25, 0.3) is 5.91 Å². The Morgan fingerprint density at radius 2 is 2.15 bits per heavy atom. The first-order chi connectivity index (χ1) is 9.58. The van der Waals surface area contributed by atoms with E-state index in [1.807, 2.05) is 24.8 Å². The summed E-state index contributed by atoms with van der Waals surface area (Å²) in [4.78, 5) is 12.3. The molecule has 1 aromatic carbocycles. The Kier molecular flexibility index (Phi) is 7.85. The number of amides is 1. The summed E-state index contributed by atoms with van der Waals surface area (Å²) in [5.74, 6) is 1.90. The number of halogens is 1. The molecule has 3 nitrogen and oxygen atoms in total. The van der Waals surface area contributed by atoms with Gasteiger partial charge < -0.3 is 10.6 Å². The SMILES string of the molecule is CCCNc1ccc(Cl)cc1C(=O)NC(C)CSCC. The van der Waals surface area contributed by atoms with Gasteiger partial charge in [-0.2, -0.15) is 11.8 Å². The average Bonchev–Trinajstić information content (AvgIpc) is 2.43. The van der Waals surface area contributed by atoms with Crippen molar-refractivity contribution in [2.75, 3.05) is 23.4 Å². The standard InChI is InChI=1S/C15H23ClN2OS/c1-4-8-17-14-7-6-12(16)9-13(14)15(19)18-11(3)10-20-5-2/h6-7,9,11,17H,4-5,8,10H2,1-3H3,(H,18,19). The second kappa shape index (κ2) is 9.14. The minimum Gasteiger partial charge on any atom is -0.384 e. The molecule has 0 heterocycles. The number of anilines is 1. The number of rotatable bonds is 8. The van der Waals surface area contributed by atoms with E-state index < -0.39 is 0 Å². The molecule has 0 fully saturated rings. The minimum atomic E-state index is -0.0738. The van der Waals surface area contributed by atoms with Gasteiger partial charge in [-0.25, -0.2) is 0 Å². The van der Waals surface area contributed by atoms with Crippen LogP contribution in [0.2, 0.25) is 5.02 Å². The lowest BCUT2D eigenvalue weighted by Crippen LogP contribution is -2.34. The van der Waals surface area contributed by atoms with E-state index in [1.165, 1.54) is 0 Å². The predicted octanol–water partition coefficient (Wildman–Crippen LogP) is 4.03. The molecule has 5 heteroatoms. The molecule has 0 saturated carbocycles. The summed E-state index contributed by atoms with van der Waals surface area (Å²) in [7, 11) is 0. The summed E-state index contributed by atoms with van der Waals surface area (Å²) in [6.45, 7) is 7.06. The smallest absolute Gasteiger partial charge is 0.253 e. The zero-order valence-electron chi connectivity index (χ0n) is 12.3. The predicted molar refractivity (Wildman–Crippen MR) is 90.2 cm³/mol. The fourth-order valence-corrected chi connectivity index (χ4v) is 2.60. The Morgan fingerprint density at radius 1 is 1.40 bits per heavy atom. The molecule has 0 bridgehead atoms. The lowest BCUT2D eigenvalue weighted by Gasteiger charge is -2.16. The number of thioether (sulfide) groups is 1. The van der Waals surface area contributed by atoms with Crippen molar-refractivity contribution >= 4 is 35.0 Å². The van der Waals surface area contributed by atoms with E-state index >= 15 is 0 Å². The van der Waals surface area contributed by atoms with Gasteiger partial charge >= 0.3 is 0 Å². The average molecular weight is 315 g/mol. The normalized spacial score (nSPS) is 12.0. The number of nitrogens with one attached hydrogen (secondary N) is 2. The Bertz CT molecular complexity index is 440. The largest absolute Gasteiger partial charge is 0.384 e. The van der Waals surface area contributed by atoms with Crippen LogP contribution >= 0.6 is 23.4 Å². The highest BCUT2D eigenvalue weighted by molar-refractivity contribution is 7.99. The van der Waals surface area contributed by atoms with E-state index in [4.69, 9.17) is 11.6 Å². The maximum atomic E-state index is 12.3. The van der Waals surface area contributed by atoms with E-state index in [0.717, 1.165) is 30.2 Å². The van der Waals surface area contributed by atoms with Gasteiger partial charge in [0.15, 0.2) is 0 Å². The van der Waals surface area contributed by atoms with Crippen molar-refractivity contribution in [3.8, 4) is 0 Å². The Hall–Kier alpha value is -0.870. The van der Waals surface area contributed by atoms with Gasteiger partial charge in [-0.05, 0) is 37.3 Å². The van der Waals surface area contributed by atoms with Crippen LogP contribution in [0.1, 0.15) is 37.6 Å². The van der Waals surface area contributed by atoms with Crippen molar-refractivity contribution in [1.29, 1.82) is 0 Å². The fraction of sp³-hybridized carbons (Fsp3) is 0.533. The number of carbonyl (C=O) groups excluding carboxylic acids is 1. The van der Waals surface area contributed by atoms with Crippen LogP contribution in [0.5, 0.6) is 0 Å².